The summed E-state index contributed by atoms with van der Waals surface area (Å²) in [5.41, 5.74) is 0.959. The van der Waals surface area contributed by atoms with Crippen LogP contribution in [0, 0.1) is 0 Å². The average Bonchev–Trinajstić information content (AvgIpc) is 3.04. The summed E-state index contributed by atoms with van der Waals surface area (Å²) in [5, 5.41) is 0.771. The first-order chi connectivity index (χ1) is 13.8. The minimum absolute atomic E-state index is 0.0420. The fraction of sp³-hybridized carbons (Fsp3) is 0.150. The number of hydrogen-bond donors (Lipinski definition) is 0. The molecule has 1 aliphatic rings. The predicted molar refractivity (Wildman–Crippen MR) is 108 cm³/mol. The highest BCUT2D eigenvalue weighted by Gasteiger charge is 2.26. The molecule has 0 radical (unpaired) electrons. The fourth-order valence-electron chi connectivity index (χ4n) is 2.57. The van der Waals surface area contributed by atoms with Crippen LogP contribution in [0.1, 0.15) is 18.1 Å². The summed E-state index contributed by atoms with van der Waals surface area (Å²) in [6.07, 6.45) is 1.48. The molecular formula is C20H15Cl2NO6. The van der Waals surface area contributed by atoms with Crippen molar-refractivity contribution in [1.29, 1.82) is 0 Å². The van der Waals surface area contributed by atoms with Crippen LogP contribution in [0.15, 0.2) is 41.0 Å². The molecule has 150 valence electrons. The molecule has 2 aromatic carbocycles. The molecule has 1 heterocycles. The third-order valence-corrected chi connectivity index (χ3v) is 4.38. The van der Waals surface area contributed by atoms with Crippen LogP contribution >= 0.6 is 23.2 Å². The van der Waals surface area contributed by atoms with Gasteiger partial charge in [-0.1, -0.05) is 23.2 Å². The van der Waals surface area contributed by atoms with Crippen molar-refractivity contribution in [1.82, 2.24) is 0 Å². The number of cyclic esters (lactones) is 1. The molecule has 7 nitrogen and oxygen atoms in total. The second kappa shape index (κ2) is 8.55. The van der Waals surface area contributed by atoms with E-state index in [1.54, 1.807) is 30.3 Å². The van der Waals surface area contributed by atoms with Gasteiger partial charge in [-0.3, -0.25) is 4.79 Å². The Morgan fingerprint density at radius 3 is 2.34 bits per heavy atom. The molecule has 0 saturated heterocycles. The van der Waals surface area contributed by atoms with E-state index < -0.39 is 11.9 Å². The van der Waals surface area contributed by atoms with Crippen LogP contribution in [0.3, 0.4) is 0 Å². The van der Waals surface area contributed by atoms with Crippen molar-refractivity contribution in [2.24, 2.45) is 4.99 Å². The van der Waals surface area contributed by atoms with Gasteiger partial charge in [0.05, 0.1) is 24.8 Å². The summed E-state index contributed by atoms with van der Waals surface area (Å²) in [7, 11) is 2.83. The van der Waals surface area contributed by atoms with Crippen LogP contribution < -0.4 is 14.2 Å². The van der Waals surface area contributed by atoms with Crippen molar-refractivity contribution < 1.29 is 28.5 Å². The molecule has 3 rings (SSSR count). The highest BCUT2D eigenvalue weighted by Crippen LogP contribution is 2.39. The molecule has 0 bridgehead atoms. The first-order valence-electron chi connectivity index (χ1n) is 8.24. The largest absolute Gasteiger partial charge is 0.493 e. The van der Waals surface area contributed by atoms with E-state index in [-0.39, 0.29) is 28.8 Å². The number of hydrogen-bond acceptors (Lipinski definition) is 7. The van der Waals surface area contributed by atoms with Crippen LogP contribution in [-0.2, 0) is 14.3 Å². The van der Waals surface area contributed by atoms with Crippen LogP contribution in [0.2, 0.25) is 10.0 Å². The quantitative estimate of drug-likeness (QED) is 0.395. The molecular weight excluding hydrogens is 421 g/mol. The first kappa shape index (κ1) is 20.7. The molecule has 0 fully saturated rings. The van der Waals surface area contributed by atoms with E-state index in [0.717, 1.165) is 0 Å². The summed E-state index contributed by atoms with van der Waals surface area (Å²) in [6.45, 7) is 1.26. The van der Waals surface area contributed by atoms with Gasteiger partial charge in [0.2, 0.25) is 11.6 Å². The van der Waals surface area contributed by atoms with Crippen molar-refractivity contribution >= 4 is 47.1 Å². The molecule has 0 amide bonds. The molecule has 0 aromatic heterocycles. The topological polar surface area (TPSA) is 83.4 Å². The molecule has 1 aliphatic heterocycles. The molecule has 2 aromatic rings. The van der Waals surface area contributed by atoms with E-state index in [1.165, 1.54) is 27.2 Å². The molecule has 0 N–H and O–H groups in total. The monoisotopic (exact) mass is 435 g/mol. The van der Waals surface area contributed by atoms with Gasteiger partial charge in [0.1, 0.15) is 0 Å². The van der Waals surface area contributed by atoms with Crippen LogP contribution in [0.25, 0.3) is 6.08 Å². The van der Waals surface area contributed by atoms with Gasteiger partial charge in [-0.05, 0) is 42.0 Å². The molecule has 0 unspecified atom stereocenters. The summed E-state index contributed by atoms with van der Waals surface area (Å²) < 4.78 is 20.9. The number of halogens is 2. The van der Waals surface area contributed by atoms with Gasteiger partial charge in [0.15, 0.2) is 17.2 Å². The van der Waals surface area contributed by atoms with Crippen molar-refractivity contribution in [3.8, 4) is 17.2 Å². The molecule has 0 spiro atoms. The van der Waals surface area contributed by atoms with Crippen molar-refractivity contribution in [3.05, 3.63) is 57.2 Å². The lowest BCUT2D eigenvalue weighted by Crippen LogP contribution is -2.06. The summed E-state index contributed by atoms with van der Waals surface area (Å²) in [5.74, 6) is -0.504. The standard InChI is InChI=1S/C20H15Cl2NO6/c1-10(24)28-18-16(26-2)7-11(8-17(18)27-3)6-15-20(25)29-19(23-15)13-9-12(21)4-5-14(13)22/h4-9H,1-3H3/b15-6-. The molecule has 9 heteroatoms. The van der Waals surface area contributed by atoms with Crippen molar-refractivity contribution in [2.75, 3.05) is 14.2 Å². The highest BCUT2D eigenvalue weighted by molar-refractivity contribution is 6.36. The lowest BCUT2D eigenvalue weighted by molar-refractivity contribution is -0.132. The SMILES string of the molecule is COc1cc(/C=C2\N=C(c3cc(Cl)ccc3Cl)OC2=O)cc(OC)c1OC(C)=O. The zero-order chi connectivity index (χ0) is 21.1. The maximum atomic E-state index is 12.3. The van der Waals surface area contributed by atoms with Gasteiger partial charge in [-0.25, -0.2) is 9.79 Å². The van der Waals surface area contributed by atoms with E-state index in [2.05, 4.69) is 4.99 Å². The number of aliphatic imine (C=N–C) groups is 1. The van der Waals surface area contributed by atoms with E-state index in [9.17, 15) is 9.59 Å². The Morgan fingerprint density at radius 1 is 1.10 bits per heavy atom. The van der Waals surface area contributed by atoms with Crippen LogP contribution in [0.4, 0.5) is 0 Å². The Morgan fingerprint density at radius 2 is 1.76 bits per heavy atom. The Kier molecular flexibility index (Phi) is 6.10. The first-order valence-corrected chi connectivity index (χ1v) is 9.00. The minimum Gasteiger partial charge on any atom is -0.493 e. The van der Waals surface area contributed by atoms with Gasteiger partial charge >= 0.3 is 11.9 Å². The zero-order valence-corrected chi connectivity index (χ0v) is 17.1. The maximum absolute atomic E-state index is 12.3. The number of ether oxygens (including phenoxy) is 4. The average molecular weight is 436 g/mol. The predicted octanol–water partition coefficient (Wildman–Crippen LogP) is 4.28. The zero-order valence-electron chi connectivity index (χ0n) is 15.6. The maximum Gasteiger partial charge on any atom is 0.363 e. The van der Waals surface area contributed by atoms with Gasteiger partial charge < -0.3 is 18.9 Å². The number of carbonyl (C=O) groups excluding carboxylic acids is 2. The molecule has 0 saturated carbocycles. The third kappa shape index (κ3) is 4.52. The van der Waals surface area contributed by atoms with E-state index in [4.69, 9.17) is 42.1 Å². The lowest BCUT2D eigenvalue weighted by atomic mass is 10.1. The van der Waals surface area contributed by atoms with E-state index >= 15 is 0 Å². The normalized spacial score (nSPS) is 14.4. The van der Waals surface area contributed by atoms with Crippen molar-refractivity contribution in [2.45, 2.75) is 6.92 Å². The number of methoxy groups -OCH3 is 2. The minimum atomic E-state index is -0.655. The third-order valence-electron chi connectivity index (χ3n) is 3.81. The van der Waals surface area contributed by atoms with Gasteiger partial charge in [-0.2, -0.15) is 0 Å². The lowest BCUT2D eigenvalue weighted by Gasteiger charge is -2.13. The Labute approximate surface area is 176 Å². The second-order valence-electron chi connectivity index (χ2n) is 5.81. The number of esters is 2. The van der Waals surface area contributed by atoms with Gasteiger partial charge in [-0.15, -0.1) is 0 Å². The highest BCUT2D eigenvalue weighted by atomic mass is 35.5. The summed E-state index contributed by atoms with van der Waals surface area (Å²) in [6, 6.07) is 7.90. The number of rotatable bonds is 5. The smallest absolute Gasteiger partial charge is 0.363 e. The van der Waals surface area contributed by atoms with Crippen LogP contribution in [0.5, 0.6) is 17.2 Å². The number of carbonyl (C=O) groups is 2. The van der Waals surface area contributed by atoms with Crippen LogP contribution in [-0.4, -0.2) is 32.1 Å². The Hall–Kier alpha value is -3.03. The van der Waals surface area contributed by atoms with Gasteiger partial charge in [0.25, 0.3) is 0 Å². The number of benzene rings is 2. The van der Waals surface area contributed by atoms with E-state index in [1.807, 2.05) is 0 Å². The number of nitrogens with zero attached hydrogens (tertiary/aromatic N) is 1. The van der Waals surface area contributed by atoms with Crippen molar-refractivity contribution in [3.63, 3.8) is 0 Å². The van der Waals surface area contributed by atoms with E-state index in [0.29, 0.717) is 21.2 Å². The molecule has 0 atom stereocenters. The Balaban J connectivity index is 2.03. The summed E-state index contributed by atoms with van der Waals surface area (Å²) >= 11 is 12.1. The molecule has 0 aliphatic carbocycles. The Bertz CT molecular complexity index is 1040. The molecule has 29 heavy (non-hydrogen) atoms. The second-order valence-corrected chi connectivity index (χ2v) is 6.65. The fourth-order valence-corrected chi connectivity index (χ4v) is 2.94. The summed E-state index contributed by atoms with van der Waals surface area (Å²) in [4.78, 5) is 27.8. The van der Waals surface area contributed by atoms with Gasteiger partial charge in [0, 0.05) is 11.9 Å².